The van der Waals surface area contributed by atoms with Crippen molar-refractivity contribution in [1.29, 1.82) is 0 Å². The summed E-state index contributed by atoms with van der Waals surface area (Å²) in [4.78, 5) is 39.5. The topological polar surface area (TPSA) is 100 Å². The van der Waals surface area contributed by atoms with Gasteiger partial charge >= 0.3 is 0 Å². The summed E-state index contributed by atoms with van der Waals surface area (Å²) in [7, 11) is 0. The predicted octanol–water partition coefficient (Wildman–Crippen LogP) is 2.27. The SMILES string of the molecule is CC(=O)Nc1ccc(C(=O)NNC(=O)c2ccc3ccccc3n2)cc1. The molecule has 26 heavy (non-hydrogen) atoms. The van der Waals surface area contributed by atoms with Crippen molar-refractivity contribution < 1.29 is 14.4 Å². The van der Waals surface area contributed by atoms with E-state index >= 15 is 0 Å². The summed E-state index contributed by atoms with van der Waals surface area (Å²) in [5.74, 6) is -1.19. The Morgan fingerprint density at radius 2 is 1.50 bits per heavy atom. The van der Waals surface area contributed by atoms with E-state index in [4.69, 9.17) is 0 Å². The van der Waals surface area contributed by atoms with Crippen LogP contribution in [0.25, 0.3) is 10.9 Å². The van der Waals surface area contributed by atoms with Gasteiger partial charge in [0.05, 0.1) is 5.52 Å². The van der Waals surface area contributed by atoms with Crippen LogP contribution in [0.5, 0.6) is 0 Å². The number of nitrogens with zero attached hydrogens (tertiary/aromatic N) is 1. The van der Waals surface area contributed by atoms with Gasteiger partial charge in [-0.25, -0.2) is 4.98 Å². The van der Waals surface area contributed by atoms with Gasteiger partial charge in [-0.1, -0.05) is 24.3 Å². The van der Waals surface area contributed by atoms with Crippen LogP contribution in [0, 0.1) is 0 Å². The molecule has 3 amide bonds. The molecule has 0 bridgehead atoms. The van der Waals surface area contributed by atoms with Crippen molar-refractivity contribution in [3.63, 3.8) is 0 Å². The van der Waals surface area contributed by atoms with Gasteiger partial charge in [-0.3, -0.25) is 25.2 Å². The smallest absolute Gasteiger partial charge is 0.288 e. The van der Waals surface area contributed by atoms with Gasteiger partial charge in [-0.15, -0.1) is 0 Å². The molecule has 0 radical (unpaired) electrons. The Bertz CT molecular complexity index is 984. The molecule has 1 heterocycles. The van der Waals surface area contributed by atoms with Crippen molar-refractivity contribution >= 4 is 34.3 Å². The van der Waals surface area contributed by atoms with Gasteiger partial charge in [0.2, 0.25) is 5.91 Å². The molecule has 7 nitrogen and oxygen atoms in total. The van der Waals surface area contributed by atoms with E-state index in [1.54, 1.807) is 42.5 Å². The van der Waals surface area contributed by atoms with Crippen molar-refractivity contribution in [2.75, 3.05) is 5.32 Å². The first-order valence-electron chi connectivity index (χ1n) is 7.87. The maximum absolute atomic E-state index is 12.2. The zero-order valence-corrected chi connectivity index (χ0v) is 13.9. The third-order valence-electron chi connectivity index (χ3n) is 3.59. The zero-order valence-electron chi connectivity index (χ0n) is 13.9. The quantitative estimate of drug-likeness (QED) is 0.632. The lowest BCUT2D eigenvalue weighted by molar-refractivity contribution is -0.114. The van der Waals surface area contributed by atoms with E-state index in [2.05, 4.69) is 21.2 Å². The Balaban J connectivity index is 1.62. The number of rotatable bonds is 3. The summed E-state index contributed by atoms with van der Waals surface area (Å²) in [6.07, 6.45) is 0. The molecule has 0 aliphatic heterocycles. The standard InChI is InChI=1S/C19H16N4O3/c1-12(24)20-15-9-6-14(7-10-15)18(25)22-23-19(26)17-11-8-13-4-2-3-5-16(13)21-17/h2-11H,1H3,(H,20,24)(H,22,25)(H,23,26). The van der Waals surface area contributed by atoms with Crippen molar-refractivity contribution in [3.05, 3.63) is 71.9 Å². The van der Waals surface area contributed by atoms with Crippen LogP contribution < -0.4 is 16.2 Å². The Morgan fingerprint density at radius 1 is 0.808 bits per heavy atom. The lowest BCUT2D eigenvalue weighted by Gasteiger charge is -2.08. The monoisotopic (exact) mass is 348 g/mol. The highest BCUT2D eigenvalue weighted by Crippen LogP contribution is 2.12. The van der Waals surface area contributed by atoms with Crippen molar-refractivity contribution in [2.24, 2.45) is 0 Å². The molecule has 130 valence electrons. The molecule has 0 unspecified atom stereocenters. The number of para-hydroxylation sites is 1. The lowest BCUT2D eigenvalue weighted by Crippen LogP contribution is -2.41. The van der Waals surface area contributed by atoms with Crippen molar-refractivity contribution in [2.45, 2.75) is 6.92 Å². The normalized spacial score (nSPS) is 10.2. The first-order chi connectivity index (χ1) is 12.5. The highest BCUT2D eigenvalue weighted by molar-refractivity contribution is 5.99. The largest absolute Gasteiger partial charge is 0.326 e. The number of carbonyl (C=O) groups is 3. The van der Waals surface area contributed by atoms with Crippen LogP contribution >= 0.6 is 0 Å². The number of fused-ring (bicyclic) bond motifs is 1. The van der Waals surface area contributed by atoms with Crippen LogP contribution in [0.1, 0.15) is 27.8 Å². The summed E-state index contributed by atoms with van der Waals surface area (Å²) >= 11 is 0. The van der Waals surface area contributed by atoms with E-state index in [1.807, 2.05) is 18.2 Å². The molecular formula is C19H16N4O3. The Labute approximate surface area is 149 Å². The molecule has 2 aromatic carbocycles. The average molecular weight is 348 g/mol. The fraction of sp³-hybridized carbons (Fsp3) is 0.0526. The van der Waals surface area contributed by atoms with E-state index in [9.17, 15) is 14.4 Å². The molecule has 0 aliphatic carbocycles. The number of anilines is 1. The Kier molecular flexibility index (Phi) is 4.89. The second kappa shape index (κ2) is 7.43. The molecular weight excluding hydrogens is 332 g/mol. The van der Waals surface area contributed by atoms with Gasteiger partial charge < -0.3 is 5.32 Å². The van der Waals surface area contributed by atoms with Gasteiger partial charge in [-0.2, -0.15) is 0 Å². The van der Waals surface area contributed by atoms with E-state index in [0.29, 0.717) is 16.8 Å². The minimum absolute atomic E-state index is 0.197. The molecule has 3 aromatic rings. The minimum Gasteiger partial charge on any atom is -0.326 e. The first kappa shape index (κ1) is 17.1. The third kappa shape index (κ3) is 4.02. The number of hydrazine groups is 1. The highest BCUT2D eigenvalue weighted by Gasteiger charge is 2.11. The molecule has 1 aromatic heterocycles. The van der Waals surface area contributed by atoms with Crippen molar-refractivity contribution in [3.8, 4) is 0 Å². The number of pyridine rings is 1. The molecule has 7 heteroatoms. The van der Waals surface area contributed by atoms with Gasteiger partial charge in [0, 0.05) is 23.6 Å². The molecule has 0 saturated heterocycles. The van der Waals surface area contributed by atoms with Gasteiger partial charge in [0.1, 0.15) is 5.69 Å². The molecule has 0 atom stereocenters. The number of hydrogen-bond acceptors (Lipinski definition) is 4. The molecule has 3 N–H and O–H groups in total. The number of hydrogen-bond donors (Lipinski definition) is 3. The number of amides is 3. The fourth-order valence-corrected chi connectivity index (χ4v) is 2.35. The van der Waals surface area contributed by atoms with E-state index in [-0.39, 0.29) is 11.6 Å². The van der Waals surface area contributed by atoms with Crippen LogP contribution in [0.2, 0.25) is 0 Å². The van der Waals surface area contributed by atoms with Gasteiger partial charge in [-0.05, 0) is 36.4 Å². The second-order valence-electron chi connectivity index (χ2n) is 5.56. The summed E-state index contributed by atoms with van der Waals surface area (Å²) in [5.41, 5.74) is 6.49. The van der Waals surface area contributed by atoms with Crippen LogP contribution in [-0.2, 0) is 4.79 Å². The summed E-state index contributed by atoms with van der Waals surface area (Å²) < 4.78 is 0. The number of nitrogens with one attached hydrogen (secondary N) is 3. The lowest BCUT2D eigenvalue weighted by atomic mass is 10.2. The van der Waals surface area contributed by atoms with Crippen LogP contribution in [0.3, 0.4) is 0 Å². The van der Waals surface area contributed by atoms with Crippen LogP contribution in [0.4, 0.5) is 5.69 Å². The van der Waals surface area contributed by atoms with E-state index in [1.165, 1.54) is 6.92 Å². The maximum Gasteiger partial charge on any atom is 0.288 e. The second-order valence-corrected chi connectivity index (χ2v) is 5.56. The Hall–Kier alpha value is -3.74. The predicted molar refractivity (Wildman–Crippen MR) is 97.4 cm³/mol. The number of carbonyl (C=O) groups excluding carboxylic acids is 3. The fourth-order valence-electron chi connectivity index (χ4n) is 2.35. The maximum atomic E-state index is 12.2. The van der Waals surface area contributed by atoms with E-state index < -0.39 is 11.8 Å². The van der Waals surface area contributed by atoms with Crippen LogP contribution in [-0.4, -0.2) is 22.7 Å². The minimum atomic E-state index is -0.515. The number of benzene rings is 2. The Morgan fingerprint density at radius 3 is 2.23 bits per heavy atom. The summed E-state index contributed by atoms with van der Waals surface area (Å²) in [5, 5.41) is 3.53. The third-order valence-corrected chi connectivity index (χ3v) is 3.59. The van der Waals surface area contributed by atoms with Crippen molar-refractivity contribution in [1.82, 2.24) is 15.8 Å². The molecule has 0 aliphatic rings. The summed E-state index contributed by atoms with van der Waals surface area (Å²) in [6, 6.07) is 17.1. The molecule has 3 rings (SSSR count). The molecule has 0 spiro atoms. The van der Waals surface area contributed by atoms with Crippen LogP contribution in [0.15, 0.2) is 60.7 Å². The highest BCUT2D eigenvalue weighted by atomic mass is 16.2. The van der Waals surface area contributed by atoms with Gasteiger partial charge in [0.25, 0.3) is 11.8 Å². The molecule has 0 fully saturated rings. The van der Waals surface area contributed by atoms with Gasteiger partial charge in [0.15, 0.2) is 0 Å². The van der Waals surface area contributed by atoms with E-state index in [0.717, 1.165) is 5.39 Å². The summed E-state index contributed by atoms with van der Waals surface area (Å²) in [6.45, 7) is 1.40. The first-order valence-corrected chi connectivity index (χ1v) is 7.87. The average Bonchev–Trinajstić information content (AvgIpc) is 2.65. The zero-order chi connectivity index (χ0) is 18.5. The molecule has 0 saturated carbocycles. The number of aromatic nitrogens is 1.